The van der Waals surface area contributed by atoms with Crippen molar-refractivity contribution in [1.82, 2.24) is 5.32 Å². The van der Waals surface area contributed by atoms with Gasteiger partial charge in [-0.2, -0.15) is 8.42 Å². The summed E-state index contributed by atoms with van der Waals surface area (Å²) in [7, 11) is -3.87. The van der Waals surface area contributed by atoms with Gasteiger partial charge in [-0.3, -0.25) is 9.35 Å². The van der Waals surface area contributed by atoms with E-state index in [2.05, 4.69) is 5.32 Å². The summed E-state index contributed by atoms with van der Waals surface area (Å²) >= 11 is 0. The summed E-state index contributed by atoms with van der Waals surface area (Å²) in [6.45, 7) is 0.890. The summed E-state index contributed by atoms with van der Waals surface area (Å²) in [5.74, 6) is -0.0962. The van der Waals surface area contributed by atoms with Gasteiger partial charge in [0.2, 0.25) is 0 Å². The number of carbonyl (C=O) groups excluding carboxylic acids is 1. The van der Waals surface area contributed by atoms with Crippen molar-refractivity contribution in [1.29, 1.82) is 0 Å². The van der Waals surface area contributed by atoms with Crippen LogP contribution >= 0.6 is 0 Å². The third-order valence-corrected chi connectivity index (χ3v) is 3.33. The molecule has 1 fully saturated rings. The highest BCUT2D eigenvalue weighted by Gasteiger charge is 2.21. The van der Waals surface area contributed by atoms with Gasteiger partial charge < -0.3 is 5.32 Å². The third kappa shape index (κ3) is 5.25. The molecule has 15 heavy (non-hydrogen) atoms. The number of hydrogen-bond acceptors (Lipinski definition) is 4. The Labute approximate surface area is 90.0 Å². The molecule has 0 aliphatic carbocycles. The first kappa shape index (κ1) is 12.6. The average Bonchev–Trinajstić information content (AvgIpc) is 2.63. The predicted molar refractivity (Wildman–Crippen MR) is 56.3 cm³/mol. The lowest BCUT2D eigenvalue weighted by atomic mass is 10.1. The molecule has 1 saturated heterocycles. The van der Waals surface area contributed by atoms with Gasteiger partial charge in [-0.05, 0) is 32.2 Å². The van der Waals surface area contributed by atoms with E-state index in [1.165, 1.54) is 0 Å². The predicted octanol–water partition coefficient (Wildman–Crippen LogP) is 0.366. The second-order valence-electron chi connectivity index (χ2n) is 3.86. The molecule has 0 radical (unpaired) electrons. The lowest BCUT2D eigenvalue weighted by Crippen LogP contribution is -2.30. The molecule has 0 saturated carbocycles. The van der Waals surface area contributed by atoms with Crippen LogP contribution in [-0.4, -0.2) is 37.1 Å². The van der Waals surface area contributed by atoms with Gasteiger partial charge in [-0.15, -0.1) is 0 Å². The molecular weight excluding hydrogens is 218 g/mol. The zero-order valence-corrected chi connectivity index (χ0v) is 9.42. The molecule has 88 valence electrons. The van der Waals surface area contributed by atoms with Crippen molar-refractivity contribution in [2.75, 3.05) is 12.3 Å². The van der Waals surface area contributed by atoms with Crippen LogP contribution in [0.2, 0.25) is 0 Å². The zero-order valence-electron chi connectivity index (χ0n) is 8.61. The Hall–Kier alpha value is -0.460. The van der Waals surface area contributed by atoms with Crippen molar-refractivity contribution in [3.05, 3.63) is 0 Å². The summed E-state index contributed by atoms with van der Waals surface area (Å²) in [5, 5.41) is 3.10. The fraction of sp³-hybridized carbons (Fsp3) is 0.889. The van der Waals surface area contributed by atoms with Crippen LogP contribution in [0.1, 0.15) is 32.1 Å². The van der Waals surface area contributed by atoms with E-state index < -0.39 is 10.1 Å². The molecule has 1 atom stereocenters. The minimum atomic E-state index is -3.87. The molecule has 0 spiro atoms. The second kappa shape index (κ2) is 5.58. The van der Waals surface area contributed by atoms with Crippen LogP contribution in [0.3, 0.4) is 0 Å². The molecule has 6 heteroatoms. The van der Waals surface area contributed by atoms with Crippen LogP contribution in [-0.2, 0) is 14.9 Å². The second-order valence-corrected chi connectivity index (χ2v) is 5.43. The minimum Gasteiger partial charge on any atom is -0.307 e. The van der Waals surface area contributed by atoms with Crippen molar-refractivity contribution in [2.24, 2.45) is 0 Å². The Balaban J connectivity index is 2.12. The first-order valence-electron chi connectivity index (χ1n) is 5.20. The van der Waals surface area contributed by atoms with Crippen LogP contribution < -0.4 is 5.32 Å². The lowest BCUT2D eigenvalue weighted by molar-refractivity contribution is -0.120. The van der Waals surface area contributed by atoms with E-state index in [-0.39, 0.29) is 17.6 Å². The first-order valence-corrected chi connectivity index (χ1v) is 6.81. The molecule has 0 bridgehead atoms. The highest BCUT2D eigenvalue weighted by Crippen LogP contribution is 2.10. The van der Waals surface area contributed by atoms with Crippen molar-refractivity contribution in [2.45, 2.75) is 38.1 Å². The SMILES string of the molecule is O=C(CCCCS(=O)(=O)O)[C@@H]1CCCN1. The van der Waals surface area contributed by atoms with E-state index in [9.17, 15) is 13.2 Å². The van der Waals surface area contributed by atoms with Gasteiger partial charge in [0.25, 0.3) is 10.1 Å². The smallest absolute Gasteiger partial charge is 0.264 e. The zero-order chi connectivity index (χ0) is 11.3. The van der Waals surface area contributed by atoms with E-state index >= 15 is 0 Å². The Morgan fingerprint density at radius 2 is 2.13 bits per heavy atom. The molecule has 1 aliphatic rings. The van der Waals surface area contributed by atoms with Crippen LogP contribution in [0.4, 0.5) is 0 Å². The molecular formula is C9H17NO4S. The molecule has 1 heterocycles. The molecule has 0 aromatic rings. The maximum absolute atomic E-state index is 11.5. The summed E-state index contributed by atoms with van der Waals surface area (Å²) in [6, 6.07) is -0.0317. The largest absolute Gasteiger partial charge is 0.307 e. The number of rotatable bonds is 6. The fourth-order valence-corrected chi connectivity index (χ4v) is 2.29. The number of carbonyl (C=O) groups is 1. The van der Waals surface area contributed by atoms with Gasteiger partial charge in [-0.1, -0.05) is 0 Å². The monoisotopic (exact) mass is 235 g/mol. The third-order valence-electron chi connectivity index (χ3n) is 2.52. The summed E-state index contributed by atoms with van der Waals surface area (Å²) < 4.78 is 29.3. The summed E-state index contributed by atoms with van der Waals surface area (Å²) in [5.41, 5.74) is 0. The van der Waals surface area contributed by atoms with Crippen LogP contribution in [0.15, 0.2) is 0 Å². The Kier molecular flexibility index (Phi) is 4.69. The van der Waals surface area contributed by atoms with E-state index in [1.54, 1.807) is 0 Å². The highest BCUT2D eigenvalue weighted by atomic mass is 32.2. The van der Waals surface area contributed by atoms with E-state index in [0.717, 1.165) is 19.4 Å². The van der Waals surface area contributed by atoms with Gasteiger partial charge in [0, 0.05) is 6.42 Å². The van der Waals surface area contributed by atoms with Crippen LogP contribution in [0.5, 0.6) is 0 Å². The number of hydrogen-bond donors (Lipinski definition) is 2. The van der Waals surface area contributed by atoms with E-state index in [0.29, 0.717) is 19.3 Å². The number of nitrogens with one attached hydrogen (secondary N) is 1. The average molecular weight is 235 g/mol. The molecule has 0 aromatic heterocycles. The fourth-order valence-electron chi connectivity index (χ4n) is 1.72. The van der Waals surface area contributed by atoms with Crippen molar-refractivity contribution in [3.63, 3.8) is 0 Å². The molecule has 5 nitrogen and oxygen atoms in total. The molecule has 2 N–H and O–H groups in total. The van der Waals surface area contributed by atoms with Crippen LogP contribution in [0.25, 0.3) is 0 Å². The Morgan fingerprint density at radius 1 is 1.40 bits per heavy atom. The number of Topliss-reactive ketones (excluding diaryl/α,β-unsaturated/α-hetero) is 1. The van der Waals surface area contributed by atoms with Crippen molar-refractivity contribution in [3.8, 4) is 0 Å². The molecule has 1 rings (SSSR count). The van der Waals surface area contributed by atoms with Crippen molar-refractivity contribution >= 4 is 15.9 Å². The van der Waals surface area contributed by atoms with Gasteiger partial charge >= 0.3 is 0 Å². The van der Waals surface area contributed by atoms with Gasteiger partial charge in [0.05, 0.1) is 11.8 Å². The summed E-state index contributed by atoms with van der Waals surface area (Å²) in [4.78, 5) is 11.5. The standard InChI is InChI=1S/C9H17NO4S/c11-9(8-4-3-6-10-8)5-1-2-7-15(12,13)14/h8,10H,1-7H2,(H,12,13,14)/t8-/m0/s1. The maximum Gasteiger partial charge on any atom is 0.264 e. The normalized spacial score (nSPS) is 21.8. The maximum atomic E-state index is 11.5. The minimum absolute atomic E-state index is 0.0317. The van der Waals surface area contributed by atoms with Crippen LogP contribution in [0, 0.1) is 0 Å². The Morgan fingerprint density at radius 3 is 2.67 bits per heavy atom. The van der Waals surface area contributed by atoms with E-state index in [4.69, 9.17) is 4.55 Å². The highest BCUT2D eigenvalue weighted by molar-refractivity contribution is 7.85. The van der Waals surface area contributed by atoms with E-state index in [1.807, 2.05) is 0 Å². The molecule has 0 amide bonds. The molecule has 0 aromatic carbocycles. The summed E-state index contributed by atoms with van der Waals surface area (Å²) in [6.07, 6.45) is 3.18. The molecule has 1 aliphatic heterocycles. The first-order chi connectivity index (χ1) is 6.99. The lowest BCUT2D eigenvalue weighted by Gasteiger charge is -2.07. The van der Waals surface area contributed by atoms with Gasteiger partial charge in [0.15, 0.2) is 0 Å². The van der Waals surface area contributed by atoms with Gasteiger partial charge in [-0.25, -0.2) is 0 Å². The quantitative estimate of drug-likeness (QED) is 0.513. The number of unbranched alkanes of at least 4 members (excludes halogenated alkanes) is 1. The van der Waals surface area contributed by atoms with Gasteiger partial charge in [0.1, 0.15) is 5.78 Å². The molecule has 0 unspecified atom stereocenters. The van der Waals surface area contributed by atoms with Crippen molar-refractivity contribution < 1.29 is 17.8 Å². The topological polar surface area (TPSA) is 83.5 Å². The number of ketones is 1. The Bertz CT molecular complexity index is 306.